The number of nitrogens with one attached hydrogen (secondary N) is 1. The summed E-state index contributed by atoms with van der Waals surface area (Å²) in [4.78, 5) is 0. The Kier molecular flexibility index (Phi) is 4.26. The minimum Gasteiger partial charge on any atom is -0.493 e. The largest absolute Gasteiger partial charge is 0.493 e. The topological polar surface area (TPSA) is 21.3 Å². The highest BCUT2D eigenvalue weighted by molar-refractivity contribution is 14.1. The van der Waals surface area contributed by atoms with Crippen LogP contribution in [0, 0.1) is 0 Å². The third kappa shape index (κ3) is 2.84. The van der Waals surface area contributed by atoms with Gasteiger partial charge in [-0.1, -0.05) is 40.8 Å². The second-order valence-corrected chi connectivity index (χ2v) is 4.84. The first-order valence-corrected chi connectivity index (χ1v) is 6.93. The highest BCUT2D eigenvalue weighted by Crippen LogP contribution is 2.32. The zero-order valence-corrected chi connectivity index (χ0v) is 10.9. The molecule has 82 valence electrons. The Balaban J connectivity index is 2.02. The lowest BCUT2D eigenvalue weighted by atomic mass is 9.93. The van der Waals surface area contributed by atoms with Crippen LogP contribution in [0.2, 0.25) is 0 Å². The Morgan fingerprint density at radius 1 is 1.40 bits per heavy atom. The van der Waals surface area contributed by atoms with E-state index in [1.54, 1.807) is 0 Å². The maximum Gasteiger partial charge on any atom is 0.122 e. The number of alkyl halides is 1. The van der Waals surface area contributed by atoms with Gasteiger partial charge in [-0.05, 0) is 18.1 Å². The van der Waals surface area contributed by atoms with Gasteiger partial charge in [-0.25, -0.2) is 0 Å². The van der Waals surface area contributed by atoms with Gasteiger partial charge in [-0.2, -0.15) is 0 Å². The van der Waals surface area contributed by atoms with Gasteiger partial charge in [-0.15, -0.1) is 0 Å². The van der Waals surface area contributed by atoms with Crippen LogP contribution in [0.5, 0.6) is 5.75 Å². The summed E-state index contributed by atoms with van der Waals surface area (Å²) in [7, 11) is 0. The van der Waals surface area contributed by atoms with Gasteiger partial charge in [0.1, 0.15) is 5.75 Å². The van der Waals surface area contributed by atoms with E-state index in [9.17, 15) is 0 Å². The lowest BCUT2D eigenvalue weighted by molar-refractivity contribution is 0.265. The predicted octanol–water partition coefficient (Wildman–Crippen LogP) is 2.58. The van der Waals surface area contributed by atoms with E-state index in [4.69, 9.17) is 4.74 Å². The molecule has 3 heteroatoms. The van der Waals surface area contributed by atoms with E-state index in [1.165, 1.54) is 9.99 Å². The summed E-state index contributed by atoms with van der Waals surface area (Å²) in [5, 5.41) is 3.48. The molecular formula is C12H16INO. The molecule has 2 rings (SSSR count). The van der Waals surface area contributed by atoms with Gasteiger partial charge in [0.2, 0.25) is 0 Å². The second kappa shape index (κ2) is 5.70. The molecule has 1 aromatic carbocycles. The first kappa shape index (κ1) is 11.2. The average Bonchev–Trinajstić information content (AvgIpc) is 2.30. The van der Waals surface area contributed by atoms with E-state index in [0.29, 0.717) is 5.92 Å². The van der Waals surface area contributed by atoms with Crippen molar-refractivity contribution in [3.05, 3.63) is 29.8 Å². The zero-order valence-electron chi connectivity index (χ0n) is 8.71. The van der Waals surface area contributed by atoms with Gasteiger partial charge in [0, 0.05) is 23.4 Å². The van der Waals surface area contributed by atoms with E-state index < -0.39 is 0 Å². The predicted molar refractivity (Wildman–Crippen MR) is 71.1 cm³/mol. The fourth-order valence-corrected chi connectivity index (χ4v) is 2.35. The maximum absolute atomic E-state index is 5.63. The molecule has 1 N–H and O–H groups in total. The monoisotopic (exact) mass is 317 g/mol. The minimum absolute atomic E-state index is 0.623. The third-order valence-electron chi connectivity index (χ3n) is 2.74. The van der Waals surface area contributed by atoms with E-state index in [2.05, 4.69) is 46.1 Å². The molecule has 1 atom stereocenters. The van der Waals surface area contributed by atoms with Crippen LogP contribution < -0.4 is 10.1 Å². The Morgan fingerprint density at radius 3 is 3.13 bits per heavy atom. The quantitative estimate of drug-likeness (QED) is 0.524. The number of ether oxygens (including phenoxy) is 1. The lowest BCUT2D eigenvalue weighted by Crippen LogP contribution is -2.27. The molecule has 1 aliphatic heterocycles. The van der Waals surface area contributed by atoms with Crippen LogP contribution >= 0.6 is 22.6 Å². The van der Waals surface area contributed by atoms with Gasteiger partial charge in [0.15, 0.2) is 0 Å². The molecule has 1 aromatic rings. The zero-order chi connectivity index (χ0) is 10.5. The minimum atomic E-state index is 0.623. The molecule has 15 heavy (non-hydrogen) atoms. The molecule has 0 saturated carbocycles. The van der Waals surface area contributed by atoms with Crippen LogP contribution in [0.15, 0.2) is 24.3 Å². The molecule has 0 bridgehead atoms. The number of benzene rings is 1. The summed E-state index contributed by atoms with van der Waals surface area (Å²) in [5.41, 5.74) is 1.37. The van der Waals surface area contributed by atoms with Crippen molar-refractivity contribution in [2.24, 2.45) is 0 Å². The molecule has 0 spiro atoms. The first-order valence-electron chi connectivity index (χ1n) is 5.40. The molecule has 0 radical (unpaired) electrons. The molecule has 1 unspecified atom stereocenters. The van der Waals surface area contributed by atoms with Crippen molar-refractivity contribution in [2.75, 3.05) is 24.1 Å². The Morgan fingerprint density at radius 2 is 2.27 bits per heavy atom. The van der Waals surface area contributed by atoms with Crippen molar-refractivity contribution >= 4 is 22.6 Å². The SMILES string of the molecule is ICCNCC1CCOc2ccccc21. The van der Waals surface area contributed by atoms with Crippen molar-refractivity contribution in [3.63, 3.8) is 0 Å². The molecule has 1 aliphatic rings. The highest BCUT2D eigenvalue weighted by atomic mass is 127. The van der Waals surface area contributed by atoms with Crippen molar-refractivity contribution in [1.82, 2.24) is 5.32 Å². The van der Waals surface area contributed by atoms with Crippen molar-refractivity contribution in [3.8, 4) is 5.75 Å². The Labute approximate surface area is 105 Å². The van der Waals surface area contributed by atoms with Gasteiger partial charge in [0.05, 0.1) is 6.61 Å². The van der Waals surface area contributed by atoms with E-state index >= 15 is 0 Å². The van der Waals surface area contributed by atoms with Crippen molar-refractivity contribution < 1.29 is 4.74 Å². The smallest absolute Gasteiger partial charge is 0.122 e. The summed E-state index contributed by atoms with van der Waals surface area (Å²) < 4.78 is 6.80. The van der Waals surface area contributed by atoms with E-state index in [-0.39, 0.29) is 0 Å². The fourth-order valence-electron chi connectivity index (χ4n) is 1.97. The summed E-state index contributed by atoms with van der Waals surface area (Å²) in [6.07, 6.45) is 1.13. The van der Waals surface area contributed by atoms with E-state index in [1.807, 2.05) is 6.07 Å². The van der Waals surface area contributed by atoms with Crippen LogP contribution in [0.1, 0.15) is 17.9 Å². The number of halogens is 1. The van der Waals surface area contributed by atoms with Gasteiger partial charge in [0.25, 0.3) is 0 Å². The Hall–Kier alpha value is -0.290. The maximum atomic E-state index is 5.63. The molecule has 0 amide bonds. The molecule has 0 aromatic heterocycles. The first-order chi connectivity index (χ1) is 7.42. The molecule has 0 fully saturated rings. The van der Waals surface area contributed by atoms with Crippen LogP contribution in [0.3, 0.4) is 0 Å². The highest BCUT2D eigenvalue weighted by Gasteiger charge is 2.19. The summed E-state index contributed by atoms with van der Waals surface area (Å²) >= 11 is 2.39. The third-order valence-corrected chi connectivity index (χ3v) is 3.28. The number of hydrogen-bond donors (Lipinski definition) is 1. The van der Waals surface area contributed by atoms with Crippen LogP contribution in [-0.4, -0.2) is 24.1 Å². The van der Waals surface area contributed by atoms with Crippen molar-refractivity contribution in [2.45, 2.75) is 12.3 Å². The molecule has 2 nitrogen and oxygen atoms in total. The summed E-state index contributed by atoms with van der Waals surface area (Å²) in [5.74, 6) is 1.70. The standard InChI is InChI=1S/C12H16INO/c13-6-7-14-9-10-5-8-15-12-4-2-1-3-11(10)12/h1-4,10,14H,5-9H2. The molecule has 0 saturated heterocycles. The van der Waals surface area contributed by atoms with Gasteiger partial charge < -0.3 is 10.1 Å². The molecule has 1 heterocycles. The second-order valence-electron chi connectivity index (χ2n) is 3.76. The van der Waals surface area contributed by atoms with Crippen LogP contribution in [0.25, 0.3) is 0 Å². The molecule has 0 aliphatic carbocycles. The Bertz CT molecular complexity index is 316. The van der Waals surface area contributed by atoms with Crippen LogP contribution in [0.4, 0.5) is 0 Å². The average molecular weight is 317 g/mol. The summed E-state index contributed by atoms with van der Waals surface area (Å²) in [6, 6.07) is 8.39. The lowest BCUT2D eigenvalue weighted by Gasteiger charge is -2.25. The van der Waals surface area contributed by atoms with Gasteiger partial charge >= 0.3 is 0 Å². The number of fused-ring (bicyclic) bond motifs is 1. The summed E-state index contributed by atoms with van der Waals surface area (Å²) in [6.45, 7) is 3.02. The van der Waals surface area contributed by atoms with E-state index in [0.717, 1.165) is 31.9 Å². The number of para-hydroxylation sites is 1. The number of hydrogen-bond acceptors (Lipinski definition) is 2. The number of rotatable bonds is 4. The fraction of sp³-hybridized carbons (Fsp3) is 0.500. The van der Waals surface area contributed by atoms with Gasteiger partial charge in [-0.3, -0.25) is 0 Å². The molecular weight excluding hydrogens is 301 g/mol. The normalized spacial score (nSPS) is 19.4. The van der Waals surface area contributed by atoms with Crippen LogP contribution in [-0.2, 0) is 0 Å². The van der Waals surface area contributed by atoms with Crippen molar-refractivity contribution in [1.29, 1.82) is 0 Å².